The zero-order chi connectivity index (χ0) is 10.7. The van der Waals surface area contributed by atoms with Gasteiger partial charge in [0, 0.05) is 18.0 Å². The molecule has 5 nitrogen and oxygen atoms in total. The summed E-state index contributed by atoms with van der Waals surface area (Å²) in [4.78, 5) is 14.8. The molecule has 5 heteroatoms. The Kier molecular flexibility index (Phi) is 2.94. The van der Waals surface area contributed by atoms with E-state index in [4.69, 9.17) is 14.6 Å². The van der Waals surface area contributed by atoms with Crippen molar-refractivity contribution in [1.29, 1.82) is 0 Å². The highest BCUT2D eigenvalue weighted by atomic mass is 16.6. The summed E-state index contributed by atoms with van der Waals surface area (Å²) in [6.07, 6.45) is 2.65. The standard InChI is InChI=1S/C10H11NO4/c12-10(13)7-1-2-11-5-8(7)9-6-14-3-4-15-9/h1-2,5,9H,3-4,6H2,(H,12,13). The first-order valence-corrected chi connectivity index (χ1v) is 4.65. The van der Waals surface area contributed by atoms with Crippen LogP contribution < -0.4 is 0 Å². The molecule has 0 spiro atoms. The second kappa shape index (κ2) is 4.37. The molecule has 15 heavy (non-hydrogen) atoms. The van der Waals surface area contributed by atoms with Crippen LogP contribution in [-0.4, -0.2) is 35.9 Å². The van der Waals surface area contributed by atoms with E-state index in [1.807, 2.05) is 0 Å². The summed E-state index contributed by atoms with van der Waals surface area (Å²) in [5, 5.41) is 8.97. The molecule has 1 atom stereocenters. The van der Waals surface area contributed by atoms with E-state index in [0.29, 0.717) is 25.4 Å². The van der Waals surface area contributed by atoms with Crippen molar-refractivity contribution in [2.45, 2.75) is 6.10 Å². The molecule has 80 valence electrons. The lowest BCUT2D eigenvalue weighted by Gasteiger charge is -2.23. The van der Waals surface area contributed by atoms with Crippen LogP contribution in [0.2, 0.25) is 0 Å². The van der Waals surface area contributed by atoms with Crippen LogP contribution in [0, 0.1) is 0 Å². The molecule has 1 aromatic heterocycles. The second-order valence-electron chi connectivity index (χ2n) is 3.20. The average Bonchev–Trinajstić information content (AvgIpc) is 2.30. The number of carbonyl (C=O) groups is 1. The quantitative estimate of drug-likeness (QED) is 0.782. The highest BCUT2D eigenvalue weighted by Crippen LogP contribution is 2.23. The van der Waals surface area contributed by atoms with Gasteiger partial charge in [-0.15, -0.1) is 0 Å². The van der Waals surface area contributed by atoms with E-state index in [1.54, 1.807) is 0 Å². The molecule has 0 saturated carbocycles. The Balaban J connectivity index is 2.29. The Morgan fingerprint density at radius 1 is 1.53 bits per heavy atom. The molecule has 2 rings (SSSR count). The zero-order valence-corrected chi connectivity index (χ0v) is 8.05. The lowest BCUT2D eigenvalue weighted by molar-refractivity contribution is -0.0905. The molecule has 1 aliphatic rings. The molecule has 1 aliphatic heterocycles. The first kappa shape index (κ1) is 10.1. The molecule has 1 aromatic rings. The Morgan fingerprint density at radius 3 is 3.07 bits per heavy atom. The second-order valence-corrected chi connectivity index (χ2v) is 3.20. The number of aromatic carboxylic acids is 1. The molecule has 1 saturated heterocycles. The van der Waals surface area contributed by atoms with Crippen molar-refractivity contribution in [3.8, 4) is 0 Å². The Hall–Kier alpha value is -1.46. The first-order chi connectivity index (χ1) is 7.29. The van der Waals surface area contributed by atoms with Crippen molar-refractivity contribution in [2.75, 3.05) is 19.8 Å². The molecule has 1 fully saturated rings. The van der Waals surface area contributed by atoms with Gasteiger partial charge in [0.2, 0.25) is 0 Å². The van der Waals surface area contributed by atoms with E-state index >= 15 is 0 Å². The van der Waals surface area contributed by atoms with Gasteiger partial charge < -0.3 is 14.6 Å². The smallest absolute Gasteiger partial charge is 0.336 e. The largest absolute Gasteiger partial charge is 0.478 e. The monoisotopic (exact) mass is 209 g/mol. The summed E-state index contributed by atoms with van der Waals surface area (Å²) in [5.41, 5.74) is 0.796. The van der Waals surface area contributed by atoms with Crippen LogP contribution in [-0.2, 0) is 9.47 Å². The minimum Gasteiger partial charge on any atom is -0.478 e. The molecular weight excluding hydrogens is 198 g/mol. The Morgan fingerprint density at radius 2 is 2.40 bits per heavy atom. The van der Waals surface area contributed by atoms with Crippen molar-refractivity contribution >= 4 is 5.97 Å². The van der Waals surface area contributed by atoms with Crippen LogP contribution in [0.15, 0.2) is 18.5 Å². The van der Waals surface area contributed by atoms with E-state index in [1.165, 1.54) is 18.5 Å². The number of pyridine rings is 1. The average molecular weight is 209 g/mol. The van der Waals surface area contributed by atoms with Crippen LogP contribution in [0.25, 0.3) is 0 Å². The zero-order valence-electron chi connectivity index (χ0n) is 8.05. The predicted octanol–water partition coefficient (Wildman–Crippen LogP) is 0.868. The van der Waals surface area contributed by atoms with Crippen LogP contribution in [0.4, 0.5) is 0 Å². The third kappa shape index (κ3) is 2.14. The van der Waals surface area contributed by atoms with Gasteiger partial charge in [-0.1, -0.05) is 0 Å². The molecule has 2 heterocycles. The van der Waals surface area contributed by atoms with Crippen molar-refractivity contribution in [2.24, 2.45) is 0 Å². The van der Waals surface area contributed by atoms with E-state index in [9.17, 15) is 4.79 Å². The van der Waals surface area contributed by atoms with Gasteiger partial charge in [-0.25, -0.2) is 4.79 Å². The summed E-state index contributed by atoms with van der Waals surface area (Å²) in [5.74, 6) is -0.971. The van der Waals surface area contributed by atoms with E-state index in [2.05, 4.69) is 4.98 Å². The summed E-state index contributed by atoms with van der Waals surface area (Å²) >= 11 is 0. The van der Waals surface area contributed by atoms with Crippen LogP contribution in [0.1, 0.15) is 22.0 Å². The topological polar surface area (TPSA) is 68.7 Å². The minimum atomic E-state index is -0.971. The number of rotatable bonds is 2. The van der Waals surface area contributed by atoms with Crippen LogP contribution in [0.3, 0.4) is 0 Å². The molecule has 0 aromatic carbocycles. The molecule has 0 amide bonds. The molecule has 1 N–H and O–H groups in total. The van der Waals surface area contributed by atoms with Gasteiger partial charge >= 0.3 is 5.97 Å². The lowest BCUT2D eigenvalue weighted by atomic mass is 10.1. The Bertz CT molecular complexity index is 360. The number of hydrogen-bond acceptors (Lipinski definition) is 4. The van der Waals surface area contributed by atoms with Gasteiger partial charge in [0.05, 0.1) is 25.4 Å². The number of hydrogen-bond donors (Lipinski definition) is 1. The van der Waals surface area contributed by atoms with Gasteiger partial charge in [-0.05, 0) is 6.07 Å². The third-order valence-corrected chi connectivity index (χ3v) is 2.25. The number of aromatic nitrogens is 1. The molecular formula is C10H11NO4. The van der Waals surface area contributed by atoms with Crippen LogP contribution in [0.5, 0.6) is 0 Å². The molecule has 0 aliphatic carbocycles. The highest BCUT2D eigenvalue weighted by molar-refractivity contribution is 5.89. The fourth-order valence-electron chi connectivity index (χ4n) is 1.53. The minimum absolute atomic E-state index is 0.223. The summed E-state index contributed by atoms with van der Waals surface area (Å²) in [6.45, 7) is 1.42. The van der Waals surface area contributed by atoms with Gasteiger partial charge in [-0.2, -0.15) is 0 Å². The van der Waals surface area contributed by atoms with Crippen molar-refractivity contribution in [3.05, 3.63) is 29.6 Å². The summed E-state index contributed by atoms with van der Waals surface area (Å²) < 4.78 is 10.7. The summed E-state index contributed by atoms with van der Waals surface area (Å²) in [6, 6.07) is 1.47. The third-order valence-electron chi connectivity index (χ3n) is 2.25. The molecule has 0 radical (unpaired) electrons. The first-order valence-electron chi connectivity index (χ1n) is 4.65. The van der Waals surface area contributed by atoms with E-state index < -0.39 is 5.97 Å². The predicted molar refractivity (Wildman–Crippen MR) is 50.7 cm³/mol. The fraction of sp³-hybridized carbons (Fsp3) is 0.400. The summed E-state index contributed by atoms with van der Waals surface area (Å²) in [7, 11) is 0. The van der Waals surface area contributed by atoms with Gasteiger partial charge in [0.25, 0.3) is 0 Å². The highest BCUT2D eigenvalue weighted by Gasteiger charge is 2.22. The van der Waals surface area contributed by atoms with Crippen molar-refractivity contribution in [3.63, 3.8) is 0 Å². The maximum Gasteiger partial charge on any atom is 0.336 e. The fourth-order valence-corrected chi connectivity index (χ4v) is 1.53. The number of carboxylic acid groups (broad SMARTS) is 1. The number of ether oxygens (including phenoxy) is 2. The Labute approximate surface area is 86.7 Å². The number of nitrogens with zero attached hydrogens (tertiary/aromatic N) is 1. The normalized spacial score (nSPS) is 21.2. The van der Waals surface area contributed by atoms with Gasteiger partial charge in [0.15, 0.2) is 0 Å². The van der Waals surface area contributed by atoms with Gasteiger partial charge in [-0.3, -0.25) is 4.98 Å². The van der Waals surface area contributed by atoms with Crippen molar-refractivity contribution < 1.29 is 19.4 Å². The van der Waals surface area contributed by atoms with Crippen molar-refractivity contribution in [1.82, 2.24) is 4.98 Å². The molecule has 0 bridgehead atoms. The van der Waals surface area contributed by atoms with E-state index in [0.717, 1.165) is 0 Å². The maximum atomic E-state index is 10.9. The SMILES string of the molecule is O=C(O)c1ccncc1C1COCCO1. The number of carboxylic acids is 1. The molecule has 1 unspecified atom stereocenters. The van der Waals surface area contributed by atoms with Gasteiger partial charge in [0.1, 0.15) is 6.10 Å². The van der Waals surface area contributed by atoms with E-state index in [-0.39, 0.29) is 11.7 Å². The maximum absolute atomic E-state index is 10.9. The lowest BCUT2D eigenvalue weighted by Crippen LogP contribution is -2.23. The van der Waals surface area contributed by atoms with Crippen LogP contribution >= 0.6 is 0 Å².